The first-order valence-electron chi connectivity index (χ1n) is 6.82. The second kappa shape index (κ2) is 6.61. The van der Waals surface area contributed by atoms with Gasteiger partial charge in [0.25, 0.3) is 0 Å². The average Bonchev–Trinajstić information content (AvgIpc) is 2.57. The van der Waals surface area contributed by atoms with Crippen LogP contribution >= 0.6 is 0 Å². The molecule has 2 aromatic carbocycles. The molecule has 0 saturated heterocycles. The van der Waals surface area contributed by atoms with Gasteiger partial charge >= 0.3 is 0 Å². The number of nitrogen functional groups attached to an aromatic ring is 2. The van der Waals surface area contributed by atoms with E-state index in [1.807, 2.05) is 0 Å². The molecular formula is C16H16N2O5S2. The van der Waals surface area contributed by atoms with Gasteiger partial charge in [0.1, 0.15) is 21.3 Å². The Morgan fingerprint density at radius 1 is 0.760 bits per heavy atom. The molecule has 0 atom stereocenters. The summed E-state index contributed by atoms with van der Waals surface area (Å²) >= 11 is 0. The molecule has 0 aliphatic heterocycles. The van der Waals surface area contributed by atoms with Gasteiger partial charge < -0.3 is 16.2 Å². The summed E-state index contributed by atoms with van der Waals surface area (Å²) in [5, 5.41) is 1.50. The number of hydrogen-bond donors (Lipinski definition) is 2. The lowest BCUT2D eigenvalue weighted by Crippen LogP contribution is -2.04. The van der Waals surface area contributed by atoms with Gasteiger partial charge in [0, 0.05) is 22.2 Å². The summed E-state index contributed by atoms with van der Waals surface area (Å²) in [6.07, 6.45) is 0. The van der Waals surface area contributed by atoms with Crippen LogP contribution in [0.15, 0.2) is 70.2 Å². The van der Waals surface area contributed by atoms with Crippen LogP contribution in [0, 0.1) is 0 Å². The van der Waals surface area contributed by atoms with E-state index in [1.165, 1.54) is 36.4 Å². The highest BCUT2D eigenvalue weighted by Crippen LogP contribution is 2.36. The van der Waals surface area contributed by atoms with Crippen LogP contribution in [0.5, 0.6) is 11.5 Å². The van der Waals surface area contributed by atoms with Crippen molar-refractivity contribution in [1.29, 1.82) is 0 Å². The molecule has 4 N–H and O–H groups in total. The van der Waals surface area contributed by atoms with E-state index >= 15 is 0 Å². The Hall–Kier alpha value is -2.78. The Bertz CT molecular complexity index is 972. The Kier molecular flexibility index (Phi) is 4.91. The van der Waals surface area contributed by atoms with Crippen LogP contribution in [0.4, 0.5) is 11.4 Å². The van der Waals surface area contributed by atoms with Crippen molar-refractivity contribution < 1.29 is 21.6 Å². The maximum Gasteiger partial charge on any atom is 0.202 e. The Morgan fingerprint density at radius 3 is 1.44 bits per heavy atom. The van der Waals surface area contributed by atoms with Gasteiger partial charge in [-0.15, -0.1) is 0 Å². The first-order chi connectivity index (χ1) is 11.6. The lowest BCUT2D eigenvalue weighted by molar-refractivity contribution is 0.455. The van der Waals surface area contributed by atoms with Crippen molar-refractivity contribution in [2.45, 2.75) is 9.79 Å². The smallest absolute Gasteiger partial charge is 0.202 e. The molecule has 7 nitrogen and oxygen atoms in total. The molecule has 0 unspecified atom stereocenters. The summed E-state index contributed by atoms with van der Waals surface area (Å²) in [5.74, 6) is -0.196. The number of anilines is 2. The molecule has 9 heteroatoms. The first kappa shape index (κ1) is 18.6. The van der Waals surface area contributed by atoms with E-state index in [-0.39, 0.29) is 32.7 Å². The van der Waals surface area contributed by atoms with Gasteiger partial charge in [0.05, 0.1) is 0 Å². The second-order valence-electron chi connectivity index (χ2n) is 4.94. The Balaban J connectivity index is 2.67. The second-order valence-corrected chi connectivity index (χ2v) is 8.66. The summed E-state index contributed by atoms with van der Waals surface area (Å²) in [6, 6.07) is 7.91. The Morgan fingerprint density at radius 2 is 1.12 bits per heavy atom. The number of ether oxygens (including phenoxy) is 1. The Labute approximate surface area is 146 Å². The van der Waals surface area contributed by atoms with Crippen molar-refractivity contribution in [2.75, 3.05) is 11.5 Å². The molecular weight excluding hydrogens is 364 g/mol. The monoisotopic (exact) mass is 380 g/mol. The third kappa shape index (κ3) is 3.83. The first-order valence-corrected chi connectivity index (χ1v) is 9.92. The predicted molar refractivity (Wildman–Crippen MR) is 96.5 cm³/mol. The van der Waals surface area contributed by atoms with E-state index < -0.39 is 19.7 Å². The maximum atomic E-state index is 12.1. The minimum absolute atomic E-state index is 0.0978. The molecule has 2 rings (SSSR count). The molecule has 0 bridgehead atoms. The SMILES string of the molecule is C=CS(=O)(=O)c1cc(N)ccc1Oc1ccc(N)cc1S(=O)(=O)C=C. The normalized spacial score (nSPS) is 11.7. The predicted octanol–water partition coefficient (Wildman–Crippen LogP) is 2.48. The van der Waals surface area contributed by atoms with Gasteiger partial charge in [0.15, 0.2) is 0 Å². The molecule has 0 aliphatic rings. The lowest BCUT2D eigenvalue weighted by Gasteiger charge is -2.14. The van der Waals surface area contributed by atoms with E-state index in [0.717, 1.165) is 10.8 Å². The largest absolute Gasteiger partial charge is 0.455 e. The molecule has 25 heavy (non-hydrogen) atoms. The van der Waals surface area contributed by atoms with Crippen LogP contribution in [0.25, 0.3) is 0 Å². The summed E-state index contributed by atoms with van der Waals surface area (Å²) in [5.41, 5.74) is 11.7. The summed E-state index contributed by atoms with van der Waals surface area (Å²) in [6.45, 7) is 6.52. The third-order valence-electron chi connectivity index (χ3n) is 3.21. The van der Waals surface area contributed by atoms with Crippen LogP contribution in [0.1, 0.15) is 0 Å². The van der Waals surface area contributed by atoms with Crippen molar-refractivity contribution in [1.82, 2.24) is 0 Å². The van der Waals surface area contributed by atoms with E-state index in [9.17, 15) is 16.8 Å². The highest BCUT2D eigenvalue weighted by molar-refractivity contribution is 7.94. The topological polar surface area (TPSA) is 130 Å². The van der Waals surface area contributed by atoms with Crippen molar-refractivity contribution in [3.63, 3.8) is 0 Å². The summed E-state index contributed by atoms with van der Waals surface area (Å²) in [7, 11) is -7.74. The highest BCUT2D eigenvalue weighted by Gasteiger charge is 2.21. The number of nitrogens with two attached hydrogens (primary N) is 2. The van der Waals surface area contributed by atoms with Crippen LogP contribution in [0.2, 0.25) is 0 Å². The zero-order chi connectivity index (χ0) is 18.8. The van der Waals surface area contributed by atoms with Gasteiger partial charge in [0.2, 0.25) is 19.7 Å². The average molecular weight is 380 g/mol. The lowest BCUT2D eigenvalue weighted by atomic mass is 10.3. The maximum absolute atomic E-state index is 12.1. The van der Waals surface area contributed by atoms with Crippen LogP contribution in [0.3, 0.4) is 0 Å². The molecule has 0 aliphatic carbocycles. The van der Waals surface area contributed by atoms with Crippen molar-refractivity contribution in [3.8, 4) is 11.5 Å². The molecule has 0 radical (unpaired) electrons. The van der Waals surface area contributed by atoms with E-state index in [1.54, 1.807) is 0 Å². The zero-order valence-corrected chi connectivity index (χ0v) is 14.7. The number of hydrogen-bond acceptors (Lipinski definition) is 7. The molecule has 0 saturated carbocycles. The van der Waals surface area contributed by atoms with Crippen LogP contribution < -0.4 is 16.2 Å². The molecule has 2 aromatic rings. The fourth-order valence-corrected chi connectivity index (χ4v) is 3.70. The number of sulfone groups is 2. The molecule has 132 valence electrons. The summed E-state index contributed by atoms with van der Waals surface area (Å²) < 4.78 is 54.2. The van der Waals surface area contributed by atoms with Crippen molar-refractivity contribution in [2.24, 2.45) is 0 Å². The van der Waals surface area contributed by atoms with Gasteiger partial charge in [-0.1, -0.05) is 13.2 Å². The van der Waals surface area contributed by atoms with Crippen LogP contribution in [-0.2, 0) is 19.7 Å². The van der Waals surface area contributed by atoms with E-state index in [2.05, 4.69) is 13.2 Å². The van der Waals surface area contributed by atoms with Gasteiger partial charge in [-0.05, 0) is 36.4 Å². The fourth-order valence-electron chi connectivity index (χ4n) is 1.96. The summed E-state index contributed by atoms with van der Waals surface area (Å²) in [4.78, 5) is -0.470. The molecule has 0 heterocycles. The quantitative estimate of drug-likeness (QED) is 0.736. The number of benzene rings is 2. The van der Waals surface area contributed by atoms with E-state index in [0.29, 0.717) is 0 Å². The minimum atomic E-state index is -3.87. The molecule has 0 fully saturated rings. The molecule has 0 aromatic heterocycles. The highest BCUT2D eigenvalue weighted by atomic mass is 32.2. The third-order valence-corrected chi connectivity index (χ3v) is 5.95. The number of rotatable bonds is 6. The van der Waals surface area contributed by atoms with E-state index in [4.69, 9.17) is 16.2 Å². The molecule has 0 spiro atoms. The minimum Gasteiger partial charge on any atom is -0.455 e. The van der Waals surface area contributed by atoms with Gasteiger partial charge in [-0.2, -0.15) is 0 Å². The van der Waals surface area contributed by atoms with Crippen LogP contribution in [-0.4, -0.2) is 16.8 Å². The van der Waals surface area contributed by atoms with Crippen molar-refractivity contribution in [3.05, 3.63) is 60.4 Å². The van der Waals surface area contributed by atoms with Gasteiger partial charge in [-0.25, -0.2) is 16.8 Å². The standard InChI is InChI=1S/C16H16N2O5S2/c1-3-24(19,20)15-9-11(17)5-7-13(15)23-14-8-6-12(18)10-16(14)25(21,22)4-2/h3-10H,1-2,17-18H2. The van der Waals surface area contributed by atoms with Gasteiger partial charge in [-0.3, -0.25) is 0 Å². The van der Waals surface area contributed by atoms with Crippen molar-refractivity contribution >= 4 is 31.0 Å². The fraction of sp³-hybridized carbons (Fsp3) is 0. The zero-order valence-electron chi connectivity index (χ0n) is 13.0. The molecule has 0 amide bonds.